The molecule has 0 bridgehead atoms. The van der Waals surface area contributed by atoms with Gasteiger partial charge in [-0.2, -0.15) is 0 Å². The first-order chi connectivity index (χ1) is 9.40. The molecule has 0 unspecified atom stereocenters. The summed E-state index contributed by atoms with van der Waals surface area (Å²) in [5.41, 5.74) is -0.945. The summed E-state index contributed by atoms with van der Waals surface area (Å²) in [4.78, 5) is 34.0. The number of halogens is 1. The first-order valence-electron chi connectivity index (χ1n) is 5.59. The van der Waals surface area contributed by atoms with Gasteiger partial charge in [0.05, 0.1) is 17.2 Å². The molecule has 0 aliphatic rings. The maximum absolute atomic E-state index is 12.1. The highest BCUT2D eigenvalue weighted by atomic mass is 79.9. The minimum absolute atomic E-state index is 0.253. The molecule has 2 aromatic rings. The molecule has 0 radical (unpaired) electrons. The van der Waals surface area contributed by atoms with Crippen molar-refractivity contribution in [2.24, 2.45) is 7.05 Å². The predicted molar refractivity (Wildman–Crippen MR) is 74.8 cm³/mol. The fourth-order valence-corrected chi connectivity index (χ4v) is 2.28. The van der Waals surface area contributed by atoms with Gasteiger partial charge in [-0.25, -0.2) is 0 Å². The lowest BCUT2D eigenvalue weighted by Gasteiger charge is -2.06. The molecule has 2 heterocycles. The monoisotopic (exact) mass is 339 g/mol. The summed E-state index contributed by atoms with van der Waals surface area (Å²) in [6, 6.07) is 4.45. The minimum Gasteiger partial charge on any atom is -0.348 e. The number of carbonyl (C=O) groups is 1. The van der Waals surface area contributed by atoms with Crippen molar-refractivity contribution in [1.29, 1.82) is 0 Å². The molecule has 0 fully saturated rings. The molecule has 104 valence electrons. The molecular formula is C12H10BrN3O4. The van der Waals surface area contributed by atoms with Crippen LogP contribution in [0.25, 0.3) is 0 Å². The molecule has 0 amide bonds. The number of aryl methyl sites for hydroxylation is 1. The van der Waals surface area contributed by atoms with Crippen LogP contribution in [0.3, 0.4) is 0 Å². The Morgan fingerprint density at radius 3 is 2.75 bits per heavy atom. The van der Waals surface area contributed by atoms with E-state index in [1.54, 1.807) is 29.9 Å². The predicted octanol–water partition coefficient (Wildman–Crippen LogP) is 1.74. The average Bonchev–Trinajstić information content (AvgIpc) is 2.79. The van der Waals surface area contributed by atoms with E-state index in [0.29, 0.717) is 10.2 Å². The fraction of sp³-hybridized carbons (Fsp3) is 0.167. The number of nitro groups is 1. The van der Waals surface area contributed by atoms with Crippen LogP contribution >= 0.6 is 15.9 Å². The second kappa shape index (κ2) is 5.41. The Hall–Kier alpha value is -2.22. The summed E-state index contributed by atoms with van der Waals surface area (Å²) >= 11 is 3.09. The molecule has 0 spiro atoms. The zero-order chi connectivity index (χ0) is 14.9. The molecular weight excluding hydrogens is 330 g/mol. The number of hydrogen-bond donors (Lipinski definition) is 0. The Bertz CT molecular complexity index is 747. The molecule has 7 nitrogen and oxygen atoms in total. The smallest absolute Gasteiger partial charge is 0.335 e. The molecule has 0 aliphatic heterocycles. The van der Waals surface area contributed by atoms with E-state index in [2.05, 4.69) is 15.9 Å². The number of carbonyl (C=O) groups excluding carboxylic acids is 1. The van der Waals surface area contributed by atoms with E-state index in [-0.39, 0.29) is 12.3 Å². The van der Waals surface area contributed by atoms with Crippen LogP contribution in [0.15, 0.2) is 39.9 Å². The van der Waals surface area contributed by atoms with Crippen molar-refractivity contribution in [1.82, 2.24) is 9.13 Å². The van der Waals surface area contributed by atoms with Gasteiger partial charge in [-0.1, -0.05) is 0 Å². The first-order valence-corrected chi connectivity index (χ1v) is 6.38. The number of Topliss-reactive ketones (excluding diaryl/α,β-unsaturated/α-hetero) is 1. The molecule has 0 N–H and O–H groups in total. The lowest BCUT2D eigenvalue weighted by molar-refractivity contribution is -0.386. The molecule has 0 atom stereocenters. The second-order valence-electron chi connectivity index (χ2n) is 4.16. The summed E-state index contributed by atoms with van der Waals surface area (Å²) in [5.74, 6) is -0.299. The van der Waals surface area contributed by atoms with Crippen LogP contribution in [-0.2, 0) is 13.6 Å². The Labute approximate surface area is 121 Å². The Kier molecular flexibility index (Phi) is 3.84. The quantitative estimate of drug-likeness (QED) is 0.482. The number of ketones is 1. The van der Waals surface area contributed by atoms with E-state index in [1.807, 2.05) is 0 Å². The van der Waals surface area contributed by atoms with Gasteiger partial charge in [0.25, 0.3) is 0 Å². The molecule has 2 rings (SSSR count). The van der Waals surface area contributed by atoms with Crippen molar-refractivity contribution in [2.45, 2.75) is 6.54 Å². The highest BCUT2D eigenvalue weighted by Gasteiger charge is 2.18. The number of nitrogens with zero attached hydrogens (tertiary/aromatic N) is 3. The summed E-state index contributed by atoms with van der Waals surface area (Å²) in [6.45, 7) is -0.253. The van der Waals surface area contributed by atoms with Crippen LogP contribution in [-0.4, -0.2) is 19.8 Å². The van der Waals surface area contributed by atoms with E-state index >= 15 is 0 Å². The Morgan fingerprint density at radius 1 is 1.50 bits per heavy atom. The normalized spacial score (nSPS) is 10.5. The number of pyridine rings is 1. The van der Waals surface area contributed by atoms with E-state index in [0.717, 1.165) is 10.6 Å². The zero-order valence-electron chi connectivity index (χ0n) is 10.4. The molecule has 8 heteroatoms. The van der Waals surface area contributed by atoms with Gasteiger partial charge in [0.15, 0.2) is 5.78 Å². The summed E-state index contributed by atoms with van der Waals surface area (Å²) in [6.07, 6.45) is 3.07. The van der Waals surface area contributed by atoms with Crippen molar-refractivity contribution in [3.63, 3.8) is 0 Å². The third kappa shape index (κ3) is 2.69. The van der Waals surface area contributed by atoms with Crippen LogP contribution in [0.4, 0.5) is 5.69 Å². The van der Waals surface area contributed by atoms with Crippen LogP contribution in [0.5, 0.6) is 0 Å². The maximum Gasteiger partial charge on any atom is 0.335 e. The molecule has 0 aromatic carbocycles. The Balaban J connectivity index is 2.40. The van der Waals surface area contributed by atoms with Gasteiger partial charge in [-0.3, -0.25) is 19.7 Å². The fourth-order valence-electron chi connectivity index (χ4n) is 1.82. The molecule has 2 aromatic heterocycles. The van der Waals surface area contributed by atoms with Crippen molar-refractivity contribution < 1.29 is 9.72 Å². The summed E-state index contributed by atoms with van der Waals surface area (Å²) < 4.78 is 3.01. The van der Waals surface area contributed by atoms with Gasteiger partial charge in [0, 0.05) is 30.0 Å². The van der Waals surface area contributed by atoms with Gasteiger partial charge in [-0.15, -0.1) is 0 Å². The van der Waals surface area contributed by atoms with Gasteiger partial charge in [0.2, 0.25) is 0 Å². The van der Waals surface area contributed by atoms with Gasteiger partial charge >= 0.3 is 11.2 Å². The van der Waals surface area contributed by atoms with Crippen LogP contribution in [0.2, 0.25) is 0 Å². The van der Waals surface area contributed by atoms with Crippen molar-refractivity contribution in [3.8, 4) is 0 Å². The lowest BCUT2D eigenvalue weighted by atomic mass is 10.2. The van der Waals surface area contributed by atoms with E-state index in [9.17, 15) is 19.7 Å². The van der Waals surface area contributed by atoms with E-state index < -0.39 is 16.2 Å². The number of hydrogen-bond acceptors (Lipinski definition) is 4. The first kappa shape index (κ1) is 14.2. The highest BCUT2D eigenvalue weighted by molar-refractivity contribution is 9.10. The molecule has 0 saturated carbocycles. The second-order valence-corrected chi connectivity index (χ2v) is 5.08. The van der Waals surface area contributed by atoms with Crippen LogP contribution < -0.4 is 5.56 Å². The zero-order valence-corrected chi connectivity index (χ0v) is 12.0. The third-order valence-electron chi connectivity index (χ3n) is 2.77. The van der Waals surface area contributed by atoms with Crippen LogP contribution in [0, 0.1) is 10.1 Å². The molecule has 0 saturated heterocycles. The maximum atomic E-state index is 12.1. The van der Waals surface area contributed by atoms with Crippen molar-refractivity contribution in [2.75, 3.05) is 0 Å². The largest absolute Gasteiger partial charge is 0.348 e. The molecule has 20 heavy (non-hydrogen) atoms. The third-order valence-corrected chi connectivity index (χ3v) is 3.21. The minimum atomic E-state index is -0.805. The highest BCUT2D eigenvalue weighted by Crippen LogP contribution is 2.14. The van der Waals surface area contributed by atoms with E-state index in [1.165, 1.54) is 6.20 Å². The van der Waals surface area contributed by atoms with Gasteiger partial charge < -0.3 is 9.13 Å². The van der Waals surface area contributed by atoms with E-state index in [4.69, 9.17) is 0 Å². The lowest BCUT2D eigenvalue weighted by Crippen LogP contribution is -2.26. The summed E-state index contributed by atoms with van der Waals surface area (Å²) in [5, 5.41) is 10.8. The SMILES string of the molecule is Cn1cccc1C(=O)Cn1cc(Br)cc([N+](=O)[O-])c1=O. The van der Waals surface area contributed by atoms with Crippen molar-refractivity contribution in [3.05, 3.63) is 61.2 Å². The molecule has 0 aliphatic carbocycles. The summed E-state index contributed by atoms with van der Waals surface area (Å²) in [7, 11) is 1.71. The standard InChI is InChI=1S/C12H10BrN3O4/c1-14-4-2-3-9(14)11(17)7-15-6-8(13)5-10(12(15)18)16(19)20/h2-6H,7H2,1H3. The van der Waals surface area contributed by atoms with Gasteiger partial charge in [-0.05, 0) is 28.1 Å². The van der Waals surface area contributed by atoms with Gasteiger partial charge in [0.1, 0.15) is 0 Å². The van der Waals surface area contributed by atoms with Crippen LogP contribution in [0.1, 0.15) is 10.5 Å². The number of rotatable bonds is 4. The number of aromatic nitrogens is 2. The van der Waals surface area contributed by atoms with Crippen molar-refractivity contribution >= 4 is 27.4 Å². The Morgan fingerprint density at radius 2 is 2.20 bits per heavy atom. The topological polar surface area (TPSA) is 87.1 Å². The average molecular weight is 340 g/mol.